The second-order valence-electron chi connectivity index (χ2n) is 4.22. The maximum absolute atomic E-state index is 11.1. The van der Waals surface area contributed by atoms with Gasteiger partial charge in [-0.3, -0.25) is 9.59 Å². The molecule has 1 aliphatic heterocycles. The molecule has 0 N–H and O–H groups in total. The SMILES string of the molecule is CO[C@@H]1[C@@H](OC(C)=O)[C@@H](OC)CO[C@H]1COC(C)=O. The van der Waals surface area contributed by atoms with Gasteiger partial charge in [0.15, 0.2) is 6.10 Å². The Morgan fingerprint density at radius 3 is 2.26 bits per heavy atom. The number of hydrogen-bond donors (Lipinski definition) is 0. The molecule has 4 atom stereocenters. The molecule has 0 aromatic carbocycles. The van der Waals surface area contributed by atoms with E-state index in [1.54, 1.807) is 0 Å². The van der Waals surface area contributed by atoms with Crippen LogP contribution in [0.1, 0.15) is 13.8 Å². The Kier molecular flexibility index (Phi) is 6.20. The molecule has 0 aromatic rings. The topological polar surface area (TPSA) is 80.3 Å². The summed E-state index contributed by atoms with van der Waals surface area (Å²) >= 11 is 0. The van der Waals surface area contributed by atoms with E-state index in [9.17, 15) is 9.59 Å². The molecule has 1 saturated heterocycles. The largest absolute Gasteiger partial charge is 0.463 e. The van der Waals surface area contributed by atoms with Crippen molar-refractivity contribution >= 4 is 11.9 Å². The summed E-state index contributed by atoms with van der Waals surface area (Å²) < 4.78 is 26.2. The van der Waals surface area contributed by atoms with Crippen LogP contribution in [0.5, 0.6) is 0 Å². The van der Waals surface area contributed by atoms with Gasteiger partial charge in [-0.05, 0) is 0 Å². The molecular formula is C12H20O7. The minimum absolute atomic E-state index is 0.0437. The van der Waals surface area contributed by atoms with E-state index in [2.05, 4.69) is 0 Å². The molecule has 7 heteroatoms. The summed E-state index contributed by atoms with van der Waals surface area (Å²) in [7, 11) is 2.98. The van der Waals surface area contributed by atoms with E-state index in [-0.39, 0.29) is 13.2 Å². The minimum Gasteiger partial charge on any atom is -0.463 e. The quantitative estimate of drug-likeness (QED) is 0.649. The Morgan fingerprint density at radius 1 is 1.11 bits per heavy atom. The Bertz CT molecular complexity index is 317. The van der Waals surface area contributed by atoms with E-state index < -0.39 is 36.4 Å². The average Bonchev–Trinajstić information content (AvgIpc) is 2.35. The lowest BCUT2D eigenvalue weighted by molar-refractivity contribution is -0.225. The van der Waals surface area contributed by atoms with Gasteiger partial charge in [0, 0.05) is 28.1 Å². The molecule has 0 unspecified atom stereocenters. The van der Waals surface area contributed by atoms with Crippen LogP contribution in [0.2, 0.25) is 0 Å². The third-order valence-electron chi connectivity index (χ3n) is 2.86. The molecule has 110 valence electrons. The Hall–Kier alpha value is -1.18. The summed E-state index contributed by atoms with van der Waals surface area (Å²) in [5, 5.41) is 0. The van der Waals surface area contributed by atoms with Crippen LogP contribution in [0.15, 0.2) is 0 Å². The molecule has 0 aliphatic carbocycles. The molecule has 0 amide bonds. The summed E-state index contributed by atoms with van der Waals surface area (Å²) in [4.78, 5) is 22.0. The van der Waals surface area contributed by atoms with E-state index in [1.165, 1.54) is 28.1 Å². The molecule has 1 heterocycles. The maximum Gasteiger partial charge on any atom is 0.303 e. The minimum atomic E-state index is -0.596. The van der Waals surface area contributed by atoms with Crippen LogP contribution in [0.25, 0.3) is 0 Å². The molecule has 19 heavy (non-hydrogen) atoms. The van der Waals surface area contributed by atoms with Crippen molar-refractivity contribution in [2.75, 3.05) is 27.4 Å². The highest BCUT2D eigenvalue weighted by atomic mass is 16.6. The highest BCUT2D eigenvalue weighted by molar-refractivity contribution is 5.66. The summed E-state index contributed by atoms with van der Waals surface area (Å²) in [6, 6.07) is 0. The van der Waals surface area contributed by atoms with E-state index in [0.717, 1.165) is 0 Å². The van der Waals surface area contributed by atoms with Crippen molar-refractivity contribution in [1.29, 1.82) is 0 Å². The Morgan fingerprint density at radius 2 is 1.79 bits per heavy atom. The monoisotopic (exact) mass is 276 g/mol. The first-order valence-corrected chi connectivity index (χ1v) is 5.97. The summed E-state index contributed by atoms with van der Waals surface area (Å²) in [5.74, 6) is -0.835. The third-order valence-corrected chi connectivity index (χ3v) is 2.86. The number of methoxy groups -OCH3 is 2. The van der Waals surface area contributed by atoms with Crippen molar-refractivity contribution < 1.29 is 33.3 Å². The highest BCUT2D eigenvalue weighted by Gasteiger charge is 2.43. The van der Waals surface area contributed by atoms with Crippen molar-refractivity contribution in [3.63, 3.8) is 0 Å². The number of hydrogen-bond acceptors (Lipinski definition) is 7. The normalized spacial score (nSPS) is 30.7. The molecule has 0 radical (unpaired) electrons. The number of carbonyl (C=O) groups excluding carboxylic acids is 2. The van der Waals surface area contributed by atoms with Gasteiger partial charge < -0.3 is 23.7 Å². The summed E-state index contributed by atoms with van der Waals surface area (Å²) in [6.45, 7) is 2.91. The van der Waals surface area contributed by atoms with Crippen molar-refractivity contribution in [2.45, 2.75) is 38.3 Å². The van der Waals surface area contributed by atoms with Crippen molar-refractivity contribution in [3.05, 3.63) is 0 Å². The molecular weight excluding hydrogens is 256 g/mol. The lowest BCUT2D eigenvalue weighted by Crippen LogP contribution is -2.57. The molecule has 0 saturated carbocycles. The van der Waals surface area contributed by atoms with Crippen molar-refractivity contribution in [1.82, 2.24) is 0 Å². The van der Waals surface area contributed by atoms with Crippen molar-refractivity contribution in [3.8, 4) is 0 Å². The standard InChI is InChI=1S/C12H20O7/c1-7(13)17-6-10-11(16-4)12(19-8(2)14)9(15-3)5-18-10/h9-12H,5-6H2,1-4H3/t9-,10-,11-,12-/m0/s1. The summed E-state index contributed by atoms with van der Waals surface area (Å²) in [5.41, 5.74) is 0. The number of rotatable bonds is 5. The molecule has 1 rings (SSSR count). The lowest BCUT2D eigenvalue weighted by Gasteiger charge is -2.40. The van der Waals surface area contributed by atoms with Crippen LogP contribution in [-0.4, -0.2) is 63.8 Å². The van der Waals surface area contributed by atoms with Gasteiger partial charge in [0.05, 0.1) is 6.61 Å². The third kappa shape index (κ3) is 4.45. The first kappa shape index (κ1) is 15.9. The number of esters is 2. The average molecular weight is 276 g/mol. The lowest BCUT2D eigenvalue weighted by atomic mass is 10.00. The fourth-order valence-corrected chi connectivity index (χ4v) is 2.00. The highest BCUT2D eigenvalue weighted by Crippen LogP contribution is 2.23. The second-order valence-corrected chi connectivity index (χ2v) is 4.22. The molecule has 0 aromatic heterocycles. The van der Waals surface area contributed by atoms with Crippen LogP contribution >= 0.6 is 0 Å². The molecule has 1 fully saturated rings. The van der Waals surface area contributed by atoms with E-state index in [4.69, 9.17) is 23.7 Å². The van der Waals surface area contributed by atoms with Gasteiger partial charge in [0.1, 0.15) is 24.9 Å². The van der Waals surface area contributed by atoms with Crippen LogP contribution < -0.4 is 0 Å². The number of carbonyl (C=O) groups is 2. The van der Waals surface area contributed by atoms with Crippen LogP contribution in [0.3, 0.4) is 0 Å². The van der Waals surface area contributed by atoms with Crippen LogP contribution in [0, 0.1) is 0 Å². The summed E-state index contributed by atoms with van der Waals surface area (Å²) in [6.07, 6.45) is -2.06. The first-order chi connectivity index (χ1) is 8.99. The van der Waals surface area contributed by atoms with E-state index >= 15 is 0 Å². The molecule has 0 bridgehead atoms. The predicted molar refractivity (Wildman–Crippen MR) is 63.5 cm³/mol. The zero-order valence-corrected chi connectivity index (χ0v) is 11.6. The zero-order chi connectivity index (χ0) is 14.4. The molecule has 7 nitrogen and oxygen atoms in total. The second kappa shape index (κ2) is 7.42. The van der Waals surface area contributed by atoms with Gasteiger partial charge in [0.2, 0.25) is 0 Å². The van der Waals surface area contributed by atoms with Crippen LogP contribution in [-0.2, 0) is 33.3 Å². The molecule has 1 aliphatic rings. The first-order valence-electron chi connectivity index (χ1n) is 5.97. The van der Waals surface area contributed by atoms with Gasteiger partial charge in [-0.15, -0.1) is 0 Å². The predicted octanol–water partition coefficient (Wildman–Crippen LogP) is -0.0900. The van der Waals surface area contributed by atoms with Gasteiger partial charge in [-0.25, -0.2) is 0 Å². The van der Waals surface area contributed by atoms with Gasteiger partial charge in [-0.2, -0.15) is 0 Å². The van der Waals surface area contributed by atoms with Gasteiger partial charge >= 0.3 is 11.9 Å². The fourth-order valence-electron chi connectivity index (χ4n) is 2.00. The van der Waals surface area contributed by atoms with Crippen LogP contribution in [0.4, 0.5) is 0 Å². The van der Waals surface area contributed by atoms with E-state index in [1.807, 2.05) is 0 Å². The smallest absolute Gasteiger partial charge is 0.303 e. The van der Waals surface area contributed by atoms with Crippen molar-refractivity contribution in [2.24, 2.45) is 0 Å². The van der Waals surface area contributed by atoms with Gasteiger partial charge in [-0.1, -0.05) is 0 Å². The number of ether oxygens (including phenoxy) is 5. The fraction of sp³-hybridized carbons (Fsp3) is 0.833. The zero-order valence-electron chi connectivity index (χ0n) is 11.6. The van der Waals surface area contributed by atoms with E-state index in [0.29, 0.717) is 0 Å². The Balaban J connectivity index is 2.75. The Labute approximate surface area is 112 Å². The maximum atomic E-state index is 11.1. The van der Waals surface area contributed by atoms with Gasteiger partial charge in [0.25, 0.3) is 0 Å². The molecule has 0 spiro atoms.